The van der Waals surface area contributed by atoms with Crippen molar-refractivity contribution in [3.8, 4) is 0 Å². The highest BCUT2D eigenvalue weighted by atomic mass is 16.4. The van der Waals surface area contributed by atoms with Crippen molar-refractivity contribution < 1.29 is 14.7 Å². The van der Waals surface area contributed by atoms with E-state index in [1.165, 1.54) is 6.92 Å². The molecule has 6 nitrogen and oxygen atoms in total. The Morgan fingerprint density at radius 3 is 2.71 bits per heavy atom. The van der Waals surface area contributed by atoms with E-state index in [-0.39, 0.29) is 23.9 Å². The molecular weight excluding hydrogens is 306 g/mol. The van der Waals surface area contributed by atoms with E-state index in [0.717, 1.165) is 5.56 Å². The molecule has 0 bridgehead atoms. The first-order valence-corrected chi connectivity index (χ1v) is 8.14. The molecule has 4 atom stereocenters. The number of aliphatic carboxylic acids is 1. The largest absolute Gasteiger partial charge is 0.480 e. The van der Waals surface area contributed by atoms with E-state index in [9.17, 15) is 14.7 Å². The maximum Gasteiger partial charge on any atom is 0.320 e. The van der Waals surface area contributed by atoms with Crippen LogP contribution in [0, 0.1) is 5.92 Å². The van der Waals surface area contributed by atoms with Crippen LogP contribution in [0.15, 0.2) is 43.0 Å². The van der Waals surface area contributed by atoms with Gasteiger partial charge in [-0.1, -0.05) is 36.4 Å². The summed E-state index contributed by atoms with van der Waals surface area (Å²) < 4.78 is 0. The number of carboxylic acid groups (broad SMARTS) is 1. The first kappa shape index (κ1) is 18.2. The Balaban J connectivity index is 2.00. The van der Waals surface area contributed by atoms with Gasteiger partial charge in [-0.25, -0.2) is 0 Å². The lowest BCUT2D eigenvalue weighted by atomic mass is 9.93. The third kappa shape index (κ3) is 4.91. The van der Waals surface area contributed by atoms with Crippen LogP contribution in [0.25, 0.3) is 0 Å². The Hall–Kier alpha value is -2.18. The van der Waals surface area contributed by atoms with Gasteiger partial charge in [0.2, 0.25) is 5.91 Å². The van der Waals surface area contributed by atoms with Crippen LogP contribution < -0.4 is 16.0 Å². The van der Waals surface area contributed by atoms with Gasteiger partial charge < -0.3 is 15.7 Å². The van der Waals surface area contributed by atoms with Crippen LogP contribution in [0.3, 0.4) is 0 Å². The lowest BCUT2D eigenvalue weighted by molar-refractivity contribution is -0.139. The maximum atomic E-state index is 11.5. The number of hydrogen-bond acceptors (Lipinski definition) is 4. The molecule has 24 heavy (non-hydrogen) atoms. The highest BCUT2D eigenvalue weighted by Gasteiger charge is 2.40. The fourth-order valence-electron chi connectivity index (χ4n) is 3.17. The summed E-state index contributed by atoms with van der Waals surface area (Å²) in [6, 6.07) is 9.01. The molecule has 1 fully saturated rings. The Bertz CT molecular complexity index is 576. The molecule has 0 spiro atoms. The molecule has 0 saturated carbocycles. The number of rotatable bonds is 8. The van der Waals surface area contributed by atoms with Gasteiger partial charge in [-0.05, 0) is 17.9 Å². The van der Waals surface area contributed by atoms with Crippen molar-refractivity contribution in [3.63, 3.8) is 0 Å². The second-order valence-electron chi connectivity index (χ2n) is 6.14. The SMILES string of the molecule is C=C[C@@H]1C[C@H](C(=O)O)NC1[C@H](CNCc1ccccc1)NC(C)=O. The van der Waals surface area contributed by atoms with Crippen LogP contribution in [0.4, 0.5) is 0 Å². The van der Waals surface area contributed by atoms with E-state index in [1.807, 2.05) is 30.3 Å². The second-order valence-corrected chi connectivity index (χ2v) is 6.14. The van der Waals surface area contributed by atoms with Gasteiger partial charge >= 0.3 is 5.97 Å². The zero-order valence-electron chi connectivity index (χ0n) is 13.9. The van der Waals surface area contributed by atoms with Gasteiger partial charge in [0.15, 0.2) is 0 Å². The summed E-state index contributed by atoms with van der Waals surface area (Å²) in [7, 11) is 0. The molecular formula is C18H25N3O3. The number of amides is 1. The van der Waals surface area contributed by atoms with Crippen molar-refractivity contribution in [2.75, 3.05) is 6.54 Å². The molecule has 1 aliphatic heterocycles. The Labute approximate surface area is 142 Å². The molecule has 1 aromatic carbocycles. The summed E-state index contributed by atoms with van der Waals surface area (Å²) in [5.41, 5.74) is 1.15. The van der Waals surface area contributed by atoms with E-state index in [4.69, 9.17) is 0 Å². The van der Waals surface area contributed by atoms with Crippen LogP contribution in [0.5, 0.6) is 0 Å². The molecule has 4 N–H and O–H groups in total. The molecule has 0 radical (unpaired) electrons. The summed E-state index contributed by atoms with van der Waals surface area (Å²) in [5, 5.41) is 18.6. The minimum atomic E-state index is -0.872. The molecule has 6 heteroatoms. The zero-order valence-corrected chi connectivity index (χ0v) is 13.9. The van der Waals surface area contributed by atoms with E-state index in [1.54, 1.807) is 6.08 Å². The van der Waals surface area contributed by atoms with Gasteiger partial charge in [-0.15, -0.1) is 6.58 Å². The van der Waals surface area contributed by atoms with Gasteiger partial charge in [-0.2, -0.15) is 0 Å². The smallest absolute Gasteiger partial charge is 0.320 e. The monoisotopic (exact) mass is 331 g/mol. The minimum Gasteiger partial charge on any atom is -0.480 e. The molecule has 1 amide bonds. The average Bonchev–Trinajstić information content (AvgIpc) is 2.99. The van der Waals surface area contributed by atoms with Crippen LogP contribution in [0.1, 0.15) is 18.9 Å². The summed E-state index contributed by atoms with van der Waals surface area (Å²) in [5.74, 6) is -1.01. The fraction of sp³-hybridized carbons (Fsp3) is 0.444. The van der Waals surface area contributed by atoms with E-state index >= 15 is 0 Å². The number of carbonyl (C=O) groups excluding carboxylic acids is 1. The summed E-state index contributed by atoms with van der Waals surface area (Å²) in [4.78, 5) is 22.8. The summed E-state index contributed by atoms with van der Waals surface area (Å²) in [6.07, 6.45) is 2.25. The summed E-state index contributed by atoms with van der Waals surface area (Å²) in [6.45, 7) is 6.51. The lowest BCUT2D eigenvalue weighted by Gasteiger charge is -2.28. The first-order chi connectivity index (χ1) is 11.5. The van der Waals surface area contributed by atoms with Gasteiger partial charge in [0.05, 0.1) is 6.04 Å². The molecule has 0 aliphatic carbocycles. The van der Waals surface area contributed by atoms with Gasteiger partial charge in [0, 0.05) is 26.1 Å². The van der Waals surface area contributed by atoms with E-state index < -0.39 is 12.0 Å². The maximum absolute atomic E-state index is 11.5. The van der Waals surface area contributed by atoms with Crippen molar-refractivity contribution in [2.24, 2.45) is 5.92 Å². The summed E-state index contributed by atoms with van der Waals surface area (Å²) >= 11 is 0. The Morgan fingerprint density at radius 2 is 2.12 bits per heavy atom. The standard InChI is InChI=1S/C18H25N3O3/c1-3-14-9-15(18(23)24)21-17(14)16(20-12(2)22)11-19-10-13-7-5-4-6-8-13/h3-8,14-17,19,21H,1,9-11H2,2H3,(H,20,22)(H,23,24)/t14-,15-,16+,17?/m1/s1. The molecule has 1 aromatic rings. The van der Waals surface area contributed by atoms with E-state index in [2.05, 4.69) is 22.5 Å². The number of benzene rings is 1. The second kappa shape index (κ2) is 8.61. The molecule has 1 aliphatic rings. The van der Waals surface area contributed by atoms with Crippen molar-refractivity contribution in [3.05, 3.63) is 48.6 Å². The van der Waals surface area contributed by atoms with Crippen LogP contribution >= 0.6 is 0 Å². The normalized spacial score (nSPS) is 24.3. The quantitative estimate of drug-likeness (QED) is 0.531. The van der Waals surface area contributed by atoms with Crippen molar-refractivity contribution in [2.45, 2.75) is 38.0 Å². The molecule has 0 aromatic heterocycles. The van der Waals surface area contributed by atoms with Crippen LogP contribution in [0.2, 0.25) is 0 Å². The number of carboxylic acids is 1. The number of carbonyl (C=O) groups is 2. The third-order valence-corrected chi connectivity index (χ3v) is 4.32. The van der Waals surface area contributed by atoms with Crippen molar-refractivity contribution in [1.82, 2.24) is 16.0 Å². The zero-order chi connectivity index (χ0) is 17.5. The molecule has 2 rings (SSSR count). The highest BCUT2D eigenvalue weighted by molar-refractivity contribution is 5.75. The van der Waals surface area contributed by atoms with Gasteiger partial charge in [0.25, 0.3) is 0 Å². The van der Waals surface area contributed by atoms with Crippen LogP contribution in [-0.2, 0) is 16.1 Å². The third-order valence-electron chi connectivity index (χ3n) is 4.32. The fourth-order valence-corrected chi connectivity index (χ4v) is 3.17. The topological polar surface area (TPSA) is 90.5 Å². The minimum absolute atomic E-state index is 0.00137. The van der Waals surface area contributed by atoms with Gasteiger partial charge in [0.1, 0.15) is 6.04 Å². The molecule has 130 valence electrons. The van der Waals surface area contributed by atoms with Crippen molar-refractivity contribution >= 4 is 11.9 Å². The number of nitrogens with one attached hydrogen (secondary N) is 3. The van der Waals surface area contributed by atoms with Crippen molar-refractivity contribution in [1.29, 1.82) is 0 Å². The first-order valence-electron chi connectivity index (χ1n) is 8.14. The van der Waals surface area contributed by atoms with Gasteiger partial charge in [-0.3, -0.25) is 14.9 Å². The molecule has 1 unspecified atom stereocenters. The molecule has 1 saturated heterocycles. The number of hydrogen-bond donors (Lipinski definition) is 4. The Kier molecular flexibility index (Phi) is 6.52. The van der Waals surface area contributed by atoms with E-state index in [0.29, 0.717) is 19.5 Å². The molecule has 1 heterocycles. The average molecular weight is 331 g/mol. The predicted molar refractivity (Wildman–Crippen MR) is 92.4 cm³/mol. The van der Waals surface area contributed by atoms with Crippen LogP contribution in [-0.4, -0.2) is 41.7 Å². The predicted octanol–water partition coefficient (Wildman–Crippen LogP) is 0.898. The highest BCUT2D eigenvalue weighted by Crippen LogP contribution is 2.24. The lowest BCUT2D eigenvalue weighted by Crippen LogP contribution is -2.55. The Morgan fingerprint density at radius 1 is 1.42 bits per heavy atom.